The monoisotopic (exact) mass is 216 g/mol. The van der Waals surface area contributed by atoms with E-state index in [-0.39, 0.29) is 18.2 Å². The molecule has 1 rings (SSSR count). The molecule has 4 heteroatoms. The lowest BCUT2D eigenvalue weighted by molar-refractivity contribution is -0.00461. The Kier molecular flexibility index (Phi) is 5.53. The molecule has 0 aromatic rings. The highest BCUT2D eigenvalue weighted by Gasteiger charge is 2.33. The highest BCUT2D eigenvalue weighted by Crippen LogP contribution is 2.16. The molecule has 0 radical (unpaired) electrons. The van der Waals surface area contributed by atoms with E-state index in [1.165, 1.54) is 0 Å². The summed E-state index contributed by atoms with van der Waals surface area (Å²) in [5, 5.41) is 0. The van der Waals surface area contributed by atoms with Crippen molar-refractivity contribution in [2.75, 3.05) is 33.9 Å². The fourth-order valence-corrected chi connectivity index (χ4v) is 2.21. The number of rotatable bonds is 6. The number of nitrogens with zero attached hydrogens (tertiary/aromatic N) is 1. The first kappa shape index (κ1) is 12.9. The summed E-state index contributed by atoms with van der Waals surface area (Å²) in [4.78, 5) is 2.34. The maximum absolute atomic E-state index is 6.01. The molecule has 1 aliphatic rings. The highest BCUT2D eigenvalue weighted by atomic mass is 16.5. The Morgan fingerprint density at radius 2 is 1.80 bits per heavy atom. The van der Waals surface area contributed by atoms with Crippen LogP contribution in [-0.2, 0) is 9.47 Å². The molecule has 4 nitrogen and oxygen atoms in total. The number of nitrogens with two attached hydrogens (primary N) is 1. The van der Waals surface area contributed by atoms with E-state index >= 15 is 0 Å². The van der Waals surface area contributed by atoms with Gasteiger partial charge in [-0.2, -0.15) is 0 Å². The van der Waals surface area contributed by atoms with Gasteiger partial charge in [-0.1, -0.05) is 13.3 Å². The molecule has 0 amide bonds. The third-order valence-corrected chi connectivity index (χ3v) is 3.05. The van der Waals surface area contributed by atoms with E-state index in [9.17, 15) is 0 Å². The second kappa shape index (κ2) is 6.43. The smallest absolute Gasteiger partial charge is 0.0971 e. The third-order valence-electron chi connectivity index (χ3n) is 3.05. The third kappa shape index (κ3) is 3.72. The van der Waals surface area contributed by atoms with Gasteiger partial charge >= 0.3 is 0 Å². The molecule has 0 spiro atoms. The summed E-state index contributed by atoms with van der Waals surface area (Å²) < 4.78 is 10.8. The minimum absolute atomic E-state index is 0.198. The van der Waals surface area contributed by atoms with Crippen molar-refractivity contribution in [2.45, 2.75) is 38.0 Å². The van der Waals surface area contributed by atoms with E-state index in [2.05, 4.69) is 11.8 Å². The zero-order chi connectivity index (χ0) is 11.3. The average molecular weight is 216 g/mol. The van der Waals surface area contributed by atoms with Gasteiger partial charge in [0.25, 0.3) is 0 Å². The summed E-state index contributed by atoms with van der Waals surface area (Å²) in [5.74, 6) is 0. The number of likely N-dealkylation sites (tertiary alicyclic amines) is 1. The largest absolute Gasteiger partial charge is 0.377 e. The van der Waals surface area contributed by atoms with Gasteiger partial charge in [-0.05, 0) is 6.42 Å². The summed E-state index contributed by atoms with van der Waals surface area (Å²) in [6.45, 7) is 4.99. The topological polar surface area (TPSA) is 47.7 Å². The fourth-order valence-electron chi connectivity index (χ4n) is 2.21. The molecule has 15 heavy (non-hydrogen) atoms. The van der Waals surface area contributed by atoms with Crippen molar-refractivity contribution in [3.8, 4) is 0 Å². The van der Waals surface area contributed by atoms with Gasteiger partial charge in [-0.15, -0.1) is 0 Å². The van der Waals surface area contributed by atoms with Crippen molar-refractivity contribution in [1.29, 1.82) is 0 Å². The SMILES string of the molecule is CCCC(N)CN1CC(OC)C(OC)C1. The molecule has 90 valence electrons. The zero-order valence-corrected chi connectivity index (χ0v) is 10.1. The van der Waals surface area contributed by atoms with E-state index in [1.807, 2.05) is 0 Å². The molecule has 1 saturated heterocycles. The van der Waals surface area contributed by atoms with E-state index in [0.29, 0.717) is 0 Å². The highest BCUT2D eigenvalue weighted by molar-refractivity contribution is 4.87. The molecule has 0 bridgehead atoms. The molecule has 2 N–H and O–H groups in total. The van der Waals surface area contributed by atoms with Gasteiger partial charge in [0.1, 0.15) is 0 Å². The van der Waals surface area contributed by atoms with Crippen molar-refractivity contribution in [3.63, 3.8) is 0 Å². The zero-order valence-electron chi connectivity index (χ0n) is 10.1. The van der Waals surface area contributed by atoms with E-state index in [0.717, 1.165) is 32.5 Å². The summed E-state index contributed by atoms with van der Waals surface area (Å²) in [7, 11) is 3.48. The molecule has 0 aromatic carbocycles. The number of hydrogen-bond donors (Lipinski definition) is 1. The predicted molar refractivity (Wildman–Crippen MR) is 60.9 cm³/mol. The van der Waals surface area contributed by atoms with Crippen LogP contribution in [-0.4, -0.2) is 57.0 Å². The molecular weight excluding hydrogens is 192 g/mol. The minimum Gasteiger partial charge on any atom is -0.377 e. The second-order valence-corrected chi connectivity index (χ2v) is 4.32. The molecule has 1 fully saturated rings. The minimum atomic E-state index is 0.198. The van der Waals surface area contributed by atoms with E-state index in [4.69, 9.17) is 15.2 Å². The molecule has 3 atom stereocenters. The van der Waals surface area contributed by atoms with Crippen LogP contribution >= 0.6 is 0 Å². The second-order valence-electron chi connectivity index (χ2n) is 4.32. The van der Waals surface area contributed by atoms with Crippen LogP contribution in [0.5, 0.6) is 0 Å². The van der Waals surface area contributed by atoms with Crippen molar-refractivity contribution < 1.29 is 9.47 Å². The number of methoxy groups -OCH3 is 2. The summed E-state index contributed by atoms with van der Waals surface area (Å²) in [6, 6.07) is 0.281. The number of ether oxygens (including phenoxy) is 2. The molecule has 0 aromatic heterocycles. The van der Waals surface area contributed by atoms with Crippen LogP contribution in [0.4, 0.5) is 0 Å². The summed E-state index contributed by atoms with van der Waals surface area (Å²) in [5.41, 5.74) is 6.01. The van der Waals surface area contributed by atoms with Crippen LogP contribution < -0.4 is 5.73 Å². The van der Waals surface area contributed by atoms with Gasteiger partial charge in [0, 0.05) is 39.9 Å². The number of hydrogen-bond acceptors (Lipinski definition) is 4. The Labute approximate surface area is 92.7 Å². The Morgan fingerprint density at radius 1 is 1.27 bits per heavy atom. The lowest BCUT2D eigenvalue weighted by Crippen LogP contribution is -2.36. The lowest BCUT2D eigenvalue weighted by Gasteiger charge is -2.19. The average Bonchev–Trinajstić information content (AvgIpc) is 2.60. The predicted octanol–water partition coefficient (Wildman–Crippen LogP) is 0.459. The lowest BCUT2D eigenvalue weighted by atomic mass is 10.2. The quantitative estimate of drug-likeness (QED) is 0.701. The summed E-state index contributed by atoms with van der Waals surface area (Å²) in [6.07, 6.45) is 2.63. The maximum atomic E-state index is 6.01. The van der Waals surface area contributed by atoms with Crippen LogP contribution in [0.2, 0.25) is 0 Å². The molecule has 1 aliphatic heterocycles. The van der Waals surface area contributed by atoms with Crippen LogP contribution in [0.15, 0.2) is 0 Å². The van der Waals surface area contributed by atoms with Gasteiger partial charge in [-0.3, -0.25) is 4.90 Å². The Balaban J connectivity index is 2.33. The van der Waals surface area contributed by atoms with Gasteiger partial charge in [0.2, 0.25) is 0 Å². The van der Waals surface area contributed by atoms with Gasteiger partial charge in [0.05, 0.1) is 12.2 Å². The van der Waals surface area contributed by atoms with E-state index < -0.39 is 0 Å². The van der Waals surface area contributed by atoms with Crippen LogP contribution in [0.1, 0.15) is 19.8 Å². The normalized spacial score (nSPS) is 29.6. The van der Waals surface area contributed by atoms with E-state index in [1.54, 1.807) is 14.2 Å². The Bertz CT molecular complexity index is 166. The first-order valence-electron chi connectivity index (χ1n) is 5.74. The van der Waals surface area contributed by atoms with Crippen molar-refractivity contribution in [3.05, 3.63) is 0 Å². The Morgan fingerprint density at radius 3 is 2.20 bits per heavy atom. The maximum Gasteiger partial charge on any atom is 0.0971 e. The standard InChI is InChI=1S/C11H24N2O2/c1-4-5-9(12)6-13-7-10(14-2)11(8-13)15-3/h9-11H,4-8,12H2,1-3H3. The molecular formula is C11H24N2O2. The summed E-state index contributed by atoms with van der Waals surface area (Å²) >= 11 is 0. The van der Waals surface area contributed by atoms with Crippen LogP contribution in [0, 0.1) is 0 Å². The first-order chi connectivity index (χ1) is 7.21. The van der Waals surface area contributed by atoms with Crippen molar-refractivity contribution in [2.24, 2.45) is 5.73 Å². The van der Waals surface area contributed by atoms with Crippen molar-refractivity contribution in [1.82, 2.24) is 4.90 Å². The van der Waals surface area contributed by atoms with Crippen molar-refractivity contribution >= 4 is 0 Å². The Hall–Kier alpha value is -0.160. The first-order valence-corrected chi connectivity index (χ1v) is 5.74. The molecule has 1 heterocycles. The van der Waals surface area contributed by atoms with Crippen LogP contribution in [0.25, 0.3) is 0 Å². The van der Waals surface area contributed by atoms with Gasteiger partial charge in [-0.25, -0.2) is 0 Å². The van der Waals surface area contributed by atoms with Gasteiger partial charge in [0.15, 0.2) is 0 Å². The fraction of sp³-hybridized carbons (Fsp3) is 1.00. The molecule has 3 unspecified atom stereocenters. The molecule has 0 aliphatic carbocycles. The molecule has 0 saturated carbocycles. The van der Waals surface area contributed by atoms with Crippen LogP contribution in [0.3, 0.4) is 0 Å². The van der Waals surface area contributed by atoms with Gasteiger partial charge < -0.3 is 15.2 Å².